The largest absolute Gasteiger partial charge is 0.379 e. The number of hydrogen-bond acceptors (Lipinski definition) is 4. The molecule has 0 saturated carbocycles. The molecule has 0 aliphatic rings. The molecule has 0 radical (unpaired) electrons. The normalized spacial score (nSPS) is 15.5. The molecule has 0 aliphatic heterocycles. The van der Waals surface area contributed by atoms with Crippen molar-refractivity contribution in [3.05, 3.63) is 0 Å². The molecule has 0 aromatic rings. The Morgan fingerprint density at radius 1 is 1.12 bits per heavy atom. The zero-order valence-corrected chi connectivity index (χ0v) is 11.1. The highest BCUT2D eigenvalue weighted by molar-refractivity contribution is 5.02. The molecule has 16 heavy (non-hydrogen) atoms. The standard InChI is InChI=1S/C12H24N2O2/c1-11(2,3)16-9-8-15-7-6-12(4,10-13)14-5/h14H,6-9H2,1-5H3. The van der Waals surface area contributed by atoms with E-state index in [0.717, 1.165) is 0 Å². The van der Waals surface area contributed by atoms with E-state index in [-0.39, 0.29) is 5.60 Å². The average molecular weight is 228 g/mol. The number of ether oxygens (including phenoxy) is 2. The van der Waals surface area contributed by atoms with E-state index in [9.17, 15) is 0 Å². The highest BCUT2D eigenvalue weighted by atomic mass is 16.5. The predicted molar refractivity (Wildman–Crippen MR) is 64.2 cm³/mol. The fourth-order valence-electron chi connectivity index (χ4n) is 1.02. The van der Waals surface area contributed by atoms with E-state index in [1.807, 2.05) is 27.7 Å². The molecule has 0 aromatic heterocycles. The fourth-order valence-corrected chi connectivity index (χ4v) is 1.02. The fraction of sp³-hybridized carbons (Fsp3) is 0.917. The van der Waals surface area contributed by atoms with Gasteiger partial charge in [-0.2, -0.15) is 5.26 Å². The van der Waals surface area contributed by atoms with Crippen LogP contribution in [0, 0.1) is 11.3 Å². The Hall–Kier alpha value is -0.630. The van der Waals surface area contributed by atoms with Gasteiger partial charge in [0, 0.05) is 13.0 Å². The number of rotatable bonds is 7. The van der Waals surface area contributed by atoms with Crippen LogP contribution in [0.5, 0.6) is 0 Å². The van der Waals surface area contributed by atoms with Gasteiger partial charge >= 0.3 is 0 Å². The third-order valence-corrected chi connectivity index (χ3v) is 2.31. The summed E-state index contributed by atoms with van der Waals surface area (Å²) in [5.74, 6) is 0. The van der Waals surface area contributed by atoms with Crippen molar-refractivity contribution in [2.45, 2.75) is 45.3 Å². The zero-order valence-electron chi connectivity index (χ0n) is 11.1. The molecule has 0 bridgehead atoms. The van der Waals surface area contributed by atoms with E-state index in [2.05, 4.69) is 11.4 Å². The minimum atomic E-state index is -0.495. The Kier molecular flexibility index (Phi) is 6.58. The SMILES string of the molecule is CNC(C)(C#N)CCOCCOC(C)(C)C. The molecule has 0 heterocycles. The Morgan fingerprint density at radius 2 is 1.75 bits per heavy atom. The number of nitrogens with one attached hydrogen (secondary N) is 1. The molecule has 0 saturated heterocycles. The van der Waals surface area contributed by atoms with Crippen molar-refractivity contribution in [2.75, 3.05) is 26.9 Å². The maximum atomic E-state index is 8.90. The van der Waals surface area contributed by atoms with Crippen LogP contribution in [0.3, 0.4) is 0 Å². The Balaban J connectivity index is 3.52. The first kappa shape index (κ1) is 15.4. The van der Waals surface area contributed by atoms with Gasteiger partial charge in [0.15, 0.2) is 0 Å². The second-order valence-electron chi connectivity index (χ2n) is 5.02. The van der Waals surface area contributed by atoms with E-state index in [1.54, 1.807) is 7.05 Å². The van der Waals surface area contributed by atoms with Gasteiger partial charge in [0.1, 0.15) is 5.54 Å². The molecular weight excluding hydrogens is 204 g/mol. The highest BCUT2D eigenvalue weighted by Gasteiger charge is 2.20. The van der Waals surface area contributed by atoms with Gasteiger partial charge in [0.25, 0.3) is 0 Å². The van der Waals surface area contributed by atoms with Crippen LogP contribution in [0.1, 0.15) is 34.1 Å². The quantitative estimate of drug-likeness (QED) is 0.674. The van der Waals surface area contributed by atoms with Gasteiger partial charge in [0.2, 0.25) is 0 Å². The lowest BCUT2D eigenvalue weighted by molar-refractivity contribution is -0.0361. The van der Waals surface area contributed by atoms with Crippen LogP contribution < -0.4 is 5.32 Å². The molecule has 0 aliphatic carbocycles. The summed E-state index contributed by atoms with van der Waals surface area (Å²) in [6, 6.07) is 2.22. The highest BCUT2D eigenvalue weighted by Crippen LogP contribution is 2.08. The first-order valence-corrected chi connectivity index (χ1v) is 5.65. The molecule has 0 spiro atoms. The van der Waals surface area contributed by atoms with Crippen molar-refractivity contribution >= 4 is 0 Å². The van der Waals surface area contributed by atoms with Gasteiger partial charge in [-0.15, -0.1) is 0 Å². The molecule has 0 aromatic carbocycles. The monoisotopic (exact) mass is 228 g/mol. The minimum absolute atomic E-state index is 0.116. The van der Waals surface area contributed by atoms with Crippen LogP contribution in [-0.2, 0) is 9.47 Å². The first-order chi connectivity index (χ1) is 7.33. The van der Waals surface area contributed by atoms with Crippen LogP contribution in [-0.4, -0.2) is 38.0 Å². The molecule has 4 heteroatoms. The van der Waals surface area contributed by atoms with E-state index in [4.69, 9.17) is 14.7 Å². The van der Waals surface area contributed by atoms with Crippen molar-refractivity contribution < 1.29 is 9.47 Å². The molecule has 0 rings (SSSR count). The number of hydrogen-bond donors (Lipinski definition) is 1. The lowest BCUT2D eigenvalue weighted by Gasteiger charge is -2.21. The van der Waals surface area contributed by atoms with Crippen LogP contribution in [0.2, 0.25) is 0 Å². The first-order valence-electron chi connectivity index (χ1n) is 5.65. The Morgan fingerprint density at radius 3 is 2.19 bits per heavy atom. The molecule has 0 fully saturated rings. The number of nitrogens with zero attached hydrogens (tertiary/aromatic N) is 1. The topological polar surface area (TPSA) is 54.3 Å². The van der Waals surface area contributed by atoms with Crippen molar-refractivity contribution in [3.8, 4) is 6.07 Å². The van der Waals surface area contributed by atoms with Gasteiger partial charge in [-0.1, -0.05) is 0 Å². The van der Waals surface area contributed by atoms with Gasteiger partial charge in [-0.05, 0) is 34.7 Å². The summed E-state index contributed by atoms with van der Waals surface area (Å²) in [4.78, 5) is 0. The molecule has 1 atom stereocenters. The molecule has 4 nitrogen and oxygen atoms in total. The Labute approximate surface area is 98.9 Å². The maximum Gasteiger partial charge on any atom is 0.105 e. The van der Waals surface area contributed by atoms with Gasteiger partial charge in [-0.25, -0.2) is 0 Å². The molecule has 1 N–H and O–H groups in total. The van der Waals surface area contributed by atoms with E-state index >= 15 is 0 Å². The van der Waals surface area contributed by atoms with E-state index in [1.165, 1.54) is 0 Å². The summed E-state index contributed by atoms with van der Waals surface area (Å²) in [6.07, 6.45) is 0.676. The summed E-state index contributed by atoms with van der Waals surface area (Å²) < 4.78 is 10.9. The predicted octanol–water partition coefficient (Wildman–Crippen LogP) is 1.71. The molecule has 0 amide bonds. The van der Waals surface area contributed by atoms with Gasteiger partial charge in [0.05, 0.1) is 24.9 Å². The molecule has 94 valence electrons. The van der Waals surface area contributed by atoms with E-state index in [0.29, 0.717) is 26.2 Å². The molecular formula is C12H24N2O2. The third kappa shape index (κ3) is 7.63. The van der Waals surface area contributed by atoms with Crippen LogP contribution in [0.15, 0.2) is 0 Å². The zero-order chi connectivity index (χ0) is 12.7. The van der Waals surface area contributed by atoms with Crippen LogP contribution in [0.4, 0.5) is 0 Å². The summed E-state index contributed by atoms with van der Waals surface area (Å²) in [6.45, 7) is 9.64. The summed E-state index contributed by atoms with van der Waals surface area (Å²) >= 11 is 0. The second kappa shape index (κ2) is 6.85. The molecule has 1 unspecified atom stereocenters. The lowest BCUT2D eigenvalue weighted by atomic mass is 10.0. The smallest absolute Gasteiger partial charge is 0.105 e. The maximum absolute atomic E-state index is 8.90. The Bertz CT molecular complexity index is 230. The van der Waals surface area contributed by atoms with Crippen LogP contribution >= 0.6 is 0 Å². The van der Waals surface area contributed by atoms with Crippen molar-refractivity contribution in [2.24, 2.45) is 0 Å². The van der Waals surface area contributed by atoms with Gasteiger partial charge < -0.3 is 14.8 Å². The van der Waals surface area contributed by atoms with Crippen LogP contribution in [0.25, 0.3) is 0 Å². The number of nitriles is 1. The van der Waals surface area contributed by atoms with Crippen molar-refractivity contribution in [1.29, 1.82) is 5.26 Å². The van der Waals surface area contributed by atoms with Gasteiger partial charge in [-0.3, -0.25) is 0 Å². The lowest BCUT2D eigenvalue weighted by Crippen LogP contribution is -2.39. The summed E-state index contributed by atoms with van der Waals surface area (Å²) in [7, 11) is 1.78. The third-order valence-electron chi connectivity index (χ3n) is 2.31. The summed E-state index contributed by atoms with van der Waals surface area (Å²) in [5.41, 5.74) is -0.611. The average Bonchev–Trinajstić information content (AvgIpc) is 2.21. The van der Waals surface area contributed by atoms with Crippen molar-refractivity contribution in [3.63, 3.8) is 0 Å². The van der Waals surface area contributed by atoms with E-state index < -0.39 is 5.54 Å². The van der Waals surface area contributed by atoms with Crippen molar-refractivity contribution in [1.82, 2.24) is 5.32 Å². The summed E-state index contributed by atoms with van der Waals surface area (Å²) in [5, 5.41) is 11.9. The second-order valence-corrected chi connectivity index (χ2v) is 5.02. The minimum Gasteiger partial charge on any atom is -0.379 e.